The molecule has 0 saturated heterocycles. The monoisotopic (exact) mass is 285 g/mol. The predicted molar refractivity (Wildman–Crippen MR) is 85.4 cm³/mol. The standard InChI is InChI=1S/C17H23N3O/c1-2-3-4-5-12-21-17-8-6-15(7-9-17)20-14-16-13-18-10-11-19-16/h6-11,13,20H,2-5,12,14H2,1H3. The second-order valence-electron chi connectivity index (χ2n) is 4.98. The molecule has 0 saturated carbocycles. The molecule has 21 heavy (non-hydrogen) atoms. The summed E-state index contributed by atoms with van der Waals surface area (Å²) >= 11 is 0. The summed E-state index contributed by atoms with van der Waals surface area (Å²) in [6, 6.07) is 8.05. The average molecular weight is 285 g/mol. The third-order valence-electron chi connectivity index (χ3n) is 3.21. The molecule has 0 amide bonds. The summed E-state index contributed by atoms with van der Waals surface area (Å²) < 4.78 is 5.72. The van der Waals surface area contributed by atoms with Crippen molar-refractivity contribution in [3.63, 3.8) is 0 Å². The van der Waals surface area contributed by atoms with Crippen molar-refractivity contribution in [3.8, 4) is 5.75 Å². The van der Waals surface area contributed by atoms with E-state index in [9.17, 15) is 0 Å². The van der Waals surface area contributed by atoms with Gasteiger partial charge in [-0.05, 0) is 30.7 Å². The second kappa shape index (κ2) is 8.95. The smallest absolute Gasteiger partial charge is 0.119 e. The van der Waals surface area contributed by atoms with Crippen molar-refractivity contribution in [2.45, 2.75) is 39.2 Å². The van der Waals surface area contributed by atoms with Gasteiger partial charge in [0.1, 0.15) is 5.75 Å². The van der Waals surface area contributed by atoms with Crippen molar-refractivity contribution in [2.75, 3.05) is 11.9 Å². The predicted octanol–water partition coefficient (Wildman–Crippen LogP) is 4.05. The minimum Gasteiger partial charge on any atom is -0.494 e. The molecular formula is C17H23N3O. The van der Waals surface area contributed by atoms with E-state index in [-0.39, 0.29) is 0 Å². The zero-order chi connectivity index (χ0) is 14.8. The number of anilines is 1. The molecule has 0 atom stereocenters. The number of nitrogens with one attached hydrogen (secondary N) is 1. The summed E-state index contributed by atoms with van der Waals surface area (Å²) in [5.41, 5.74) is 1.98. The molecule has 1 heterocycles. The maximum atomic E-state index is 5.72. The lowest BCUT2D eigenvalue weighted by molar-refractivity contribution is 0.305. The lowest BCUT2D eigenvalue weighted by Gasteiger charge is -2.08. The van der Waals surface area contributed by atoms with Crippen LogP contribution in [0.1, 0.15) is 38.3 Å². The molecule has 2 rings (SSSR count). The molecule has 1 N–H and O–H groups in total. The Kier molecular flexibility index (Phi) is 6.52. The summed E-state index contributed by atoms with van der Waals surface area (Å²) in [5.74, 6) is 0.927. The Bertz CT molecular complexity index is 499. The third kappa shape index (κ3) is 5.81. The highest BCUT2D eigenvalue weighted by molar-refractivity contribution is 5.46. The fourth-order valence-corrected chi connectivity index (χ4v) is 2.00. The number of rotatable bonds is 9. The summed E-state index contributed by atoms with van der Waals surface area (Å²) in [6.45, 7) is 3.69. The van der Waals surface area contributed by atoms with Crippen LogP contribution in [0.4, 0.5) is 5.69 Å². The highest BCUT2D eigenvalue weighted by Gasteiger charge is 1.97. The van der Waals surface area contributed by atoms with Crippen LogP contribution < -0.4 is 10.1 Å². The molecule has 112 valence electrons. The number of aromatic nitrogens is 2. The number of unbranched alkanes of at least 4 members (excludes halogenated alkanes) is 3. The first kappa shape index (κ1) is 15.3. The summed E-state index contributed by atoms with van der Waals surface area (Å²) in [4.78, 5) is 8.27. The maximum Gasteiger partial charge on any atom is 0.119 e. The Hall–Kier alpha value is -2.10. The van der Waals surface area contributed by atoms with E-state index in [1.807, 2.05) is 24.3 Å². The van der Waals surface area contributed by atoms with E-state index in [0.29, 0.717) is 6.54 Å². The van der Waals surface area contributed by atoms with E-state index < -0.39 is 0 Å². The van der Waals surface area contributed by atoms with Crippen LogP contribution in [0.25, 0.3) is 0 Å². The second-order valence-corrected chi connectivity index (χ2v) is 4.98. The van der Waals surface area contributed by atoms with Crippen LogP contribution in [-0.2, 0) is 6.54 Å². The third-order valence-corrected chi connectivity index (χ3v) is 3.21. The van der Waals surface area contributed by atoms with Gasteiger partial charge in [-0.3, -0.25) is 9.97 Å². The summed E-state index contributed by atoms with van der Waals surface area (Å²) in [5, 5.41) is 3.31. The molecule has 4 nitrogen and oxygen atoms in total. The molecule has 4 heteroatoms. The highest BCUT2D eigenvalue weighted by Crippen LogP contribution is 2.16. The maximum absolute atomic E-state index is 5.72. The van der Waals surface area contributed by atoms with Crippen LogP contribution in [0, 0.1) is 0 Å². The van der Waals surface area contributed by atoms with Crippen LogP contribution in [0.2, 0.25) is 0 Å². The molecule has 0 spiro atoms. The first-order valence-electron chi connectivity index (χ1n) is 7.60. The van der Waals surface area contributed by atoms with Gasteiger partial charge in [-0.15, -0.1) is 0 Å². The van der Waals surface area contributed by atoms with Gasteiger partial charge in [-0.1, -0.05) is 26.2 Å². The number of nitrogens with zero attached hydrogens (tertiary/aromatic N) is 2. The van der Waals surface area contributed by atoms with E-state index in [2.05, 4.69) is 22.2 Å². The lowest BCUT2D eigenvalue weighted by atomic mass is 10.2. The molecule has 0 aliphatic carbocycles. The van der Waals surface area contributed by atoms with Crippen molar-refractivity contribution in [2.24, 2.45) is 0 Å². The average Bonchev–Trinajstić information content (AvgIpc) is 2.55. The number of hydrogen-bond donors (Lipinski definition) is 1. The van der Waals surface area contributed by atoms with Gasteiger partial charge in [0.05, 0.1) is 25.0 Å². The lowest BCUT2D eigenvalue weighted by Crippen LogP contribution is -2.02. The topological polar surface area (TPSA) is 47.0 Å². The van der Waals surface area contributed by atoms with Gasteiger partial charge < -0.3 is 10.1 Å². The van der Waals surface area contributed by atoms with Gasteiger partial charge in [-0.25, -0.2) is 0 Å². The van der Waals surface area contributed by atoms with Crippen LogP contribution >= 0.6 is 0 Å². The molecule has 2 aromatic rings. The van der Waals surface area contributed by atoms with Crippen LogP contribution in [0.5, 0.6) is 5.75 Å². The number of benzene rings is 1. The van der Waals surface area contributed by atoms with Gasteiger partial charge in [-0.2, -0.15) is 0 Å². The molecule has 0 bridgehead atoms. The van der Waals surface area contributed by atoms with Crippen molar-refractivity contribution in [1.82, 2.24) is 9.97 Å². The molecule has 0 unspecified atom stereocenters. The van der Waals surface area contributed by atoms with Crippen molar-refractivity contribution in [3.05, 3.63) is 48.5 Å². The summed E-state index contributed by atoms with van der Waals surface area (Å²) in [7, 11) is 0. The van der Waals surface area contributed by atoms with E-state index in [1.165, 1.54) is 19.3 Å². The van der Waals surface area contributed by atoms with Crippen LogP contribution in [0.3, 0.4) is 0 Å². The molecule has 1 aromatic carbocycles. The van der Waals surface area contributed by atoms with Gasteiger partial charge in [0.25, 0.3) is 0 Å². The number of hydrogen-bond acceptors (Lipinski definition) is 4. The first-order valence-corrected chi connectivity index (χ1v) is 7.60. The van der Waals surface area contributed by atoms with E-state index in [1.54, 1.807) is 18.6 Å². The fourth-order valence-electron chi connectivity index (χ4n) is 2.00. The van der Waals surface area contributed by atoms with Gasteiger partial charge >= 0.3 is 0 Å². The molecule has 0 fully saturated rings. The first-order chi connectivity index (χ1) is 10.4. The normalized spacial score (nSPS) is 10.3. The Labute approximate surface area is 126 Å². The van der Waals surface area contributed by atoms with Crippen LogP contribution in [0.15, 0.2) is 42.9 Å². The van der Waals surface area contributed by atoms with Gasteiger partial charge in [0.2, 0.25) is 0 Å². The van der Waals surface area contributed by atoms with E-state index in [4.69, 9.17) is 4.74 Å². The minimum atomic E-state index is 0.672. The Morgan fingerprint density at radius 2 is 1.90 bits per heavy atom. The van der Waals surface area contributed by atoms with Crippen molar-refractivity contribution >= 4 is 5.69 Å². The fraction of sp³-hybridized carbons (Fsp3) is 0.412. The van der Waals surface area contributed by atoms with Crippen LogP contribution in [-0.4, -0.2) is 16.6 Å². The largest absolute Gasteiger partial charge is 0.494 e. The molecule has 0 radical (unpaired) electrons. The zero-order valence-electron chi connectivity index (χ0n) is 12.6. The van der Waals surface area contributed by atoms with Crippen molar-refractivity contribution < 1.29 is 4.74 Å². The minimum absolute atomic E-state index is 0.672. The Balaban J connectivity index is 1.71. The molecular weight excluding hydrogens is 262 g/mol. The Morgan fingerprint density at radius 3 is 2.62 bits per heavy atom. The highest BCUT2D eigenvalue weighted by atomic mass is 16.5. The van der Waals surface area contributed by atoms with Gasteiger partial charge in [0.15, 0.2) is 0 Å². The molecule has 0 aliphatic rings. The molecule has 0 aliphatic heterocycles. The van der Waals surface area contributed by atoms with Gasteiger partial charge in [0, 0.05) is 18.1 Å². The Morgan fingerprint density at radius 1 is 1.05 bits per heavy atom. The van der Waals surface area contributed by atoms with E-state index >= 15 is 0 Å². The summed E-state index contributed by atoms with van der Waals surface area (Å²) in [6.07, 6.45) is 10.1. The SMILES string of the molecule is CCCCCCOc1ccc(NCc2cnccn2)cc1. The zero-order valence-corrected chi connectivity index (χ0v) is 12.6. The quantitative estimate of drug-likeness (QED) is 0.706. The molecule has 1 aromatic heterocycles. The van der Waals surface area contributed by atoms with E-state index in [0.717, 1.165) is 30.2 Å². The number of ether oxygens (including phenoxy) is 1. The van der Waals surface area contributed by atoms with Crippen molar-refractivity contribution in [1.29, 1.82) is 0 Å².